The van der Waals surface area contributed by atoms with Crippen molar-refractivity contribution in [2.75, 3.05) is 17.8 Å². The van der Waals surface area contributed by atoms with Crippen molar-refractivity contribution in [3.63, 3.8) is 0 Å². The number of aromatic nitrogens is 4. The predicted octanol–water partition coefficient (Wildman–Crippen LogP) is 5.38. The molecule has 2 aromatic heterocycles. The van der Waals surface area contributed by atoms with E-state index in [9.17, 15) is 9.90 Å². The molecule has 156 valence electrons. The van der Waals surface area contributed by atoms with Crippen LogP contribution in [0.4, 0.5) is 16.2 Å². The number of nitrogens with one attached hydrogen (secondary N) is 1. The number of amides is 1. The number of H-pyrrole nitrogens is 1. The minimum absolute atomic E-state index is 0.0110. The van der Waals surface area contributed by atoms with E-state index < -0.39 is 6.09 Å². The first kappa shape index (κ1) is 21.6. The van der Waals surface area contributed by atoms with Gasteiger partial charge in [0.05, 0.1) is 28.0 Å². The van der Waals surface area contributed by atoms with Gasteiger partial charge in [0.15, 0.2) is 5.75 Å². The summed E-state index contributed by atoms with van der Waals surface area (Å²) in [6.07, 6.45) is 1.25. The lowest BCUT2D eigenvalue weighted by Gasteiger charge is -2.26. The van der Waals surface area contributed by atoms with Crippen molar-refractivity contribution in [1.29, 1.82) is 0 Å². The van der Waals surface area contributed by atoms with E-state index in [1.165, 1.54) is 28.8 Å². The van der Waals surface area contributed by atoms with Crippen LogP contribution in [-0.4, -0.2) is 43.9 Å². The Morgan fingerprint density at radius 1 is 1.31 bits per heavy atom. The van der Waals surface area contributed by atoms with E-state index in [4.69, 9.17) is 27.9 Å². The van der Waals surface area contributed by atoms with E-state index in [1.807, 2.05) is 27.0 Å². The average molecular weight is 458 g/mol. The number of hydrogen-bond donors (Lipinski definition) is 2. The summed E-state index contributed by atoms with van der Waals surface area (Å²) in [7, 11) is 0. The summed E-state index contributed by atoms with van der Waals surface area (Å²) in [5, 5.41) is 22.3. The molecular formula is C18H21Cl2N5O3S. The maximum Gasteiger partial charge on any atom is 0.419 e. The van der Waals surface area contributed by atoms with Gasteiger partial charge in [-0.3, -0.25) is 5.10 Å². The number of fused-ring (bicyclic) bond motifs is 1. The largest absolute Gasteiger partial charge is 0.505 e. The number of phenols is 1. The molecule has 2 N–H and O–H groups in total. The van der Waals surface area contributed by atoms with Crippen LogP contribution < -0.4 is 4.90 Å². The lowest BCUT2D eigenvalue weighted by atomic mass is 9.91. The fourth-order valence-corrected chi connectivity index (χ4v) is 3.78. The van der Waals surface area contributed by atoms with Gasteiger partial charge in [0, 0.05) is 5.41 Å². The molecule has 0 unspecified atom stereocenters. The zero-order valence-electron chi connectivity index (χ0n) is 16.6. The molecule has 3 aromatic rings. The van der Waals surface area contributed by atoms with Gasteiger partial charge in [0.25, 0.3) is 0 Å². The van der Waals surface area contributed by atoms with E-state index >= 15 is 0 Å². The molecule has 0 fully saturated rings. The summed E-state index contributed by atoms with van der Waals surface area (Å²) in [6, 6.07) is 2.89. The number of hydrogen-bond acceptors (Lipinski definition) is 6. The van der Waals surface area contributed by atoms with E-state index in [-0.39, 0.29) is 27.8 Å². The fraction of sp³-hybridized carbons (Fsp3) is 0.389. The summed E-state index contributed by atoms with van der Waals surface area (Å²) in [5.41, 5.74) is 1.62. The topological polar surface area (TPSA) is 95.8 Å². The van der Waals surface area contributed by atoms with Crippen molar-refractivity contribution < 1.29 is 14.6 Å². The SMILES string of the molecule is CCOC(=O)N(c1cc(Cl)c(O)c(Cl)c1)c1c(C(C)(C)C)[nH]n2c(SC)nnc12. The molecule has 0 radical (unpaired) electrons. The van der Waals surface area contributed by atoms with E-state index in [0.717, 1.165) is 5.69 Å². The zero-order valence-corrected chi connectivity index (χ0v) is 18.9. The number of aromatic amines is 1. The highest BCUT2D eigenvalue weighted by atomic mass is 35.5. The average Bonchev–Trinajstić information content (AvgIpc) is 3.19. The van der Waals surface area contributed by atoms with Gasteiger partial charge in [0.1, 0.15) is 5.69 Å². The van der Waals surface area contributed by atoms with Crippen molar-refractivity contribution in [3.8, 4) is 5.75 Å². The Bertz CT molecular complexity index is 1050. The van der Waals surface area contributed by atoms with Crippen molar-refractivity contribution >= 4 is 58.1 Å². The van der Waals surface area contributed by atoms with Crippen LogP contribution in [0, 0.1) is 0 Å². The number of aromatic hydroxyl groups is 1. The first-order valence-electron chi connectivity index (χ1n) is 8.76. The first-order chi connectivity index (χ1) is 13.6. The van der Waals surface area contributed by atoms with Gasteiger partial charge < -0.3 is 9.84 Å². The number of nitrogens with zero attached hydrogens (tertiary/aromatic N) is 4. The zero-order chi connectivity index (χ0) is 21.5. The van der Waals surface area contributed by atoms with Crippen LogP contribution in [0.1, 0.15) is 33.4 Å². The van der Waals surface area contributed by atoms with E-state index in [1.54, 1.807) is 11.4 Å². The van der Waals surface area contributed by atoms with Crippen LogP contribution in [0.5, 0.6) is 5.75 Å². The third-order valence-electron chi connectivity index (χ3n) is 4.17. The van der Waals surface area contributed by atoms with Crippen molar-refractivity contribution in [1.82, 2.24) is 19.8 Å². The molecular weight excluding hydrogens is 437 g/mol. The van der Waals surface area contributed by atoms with Gasteiger partial charge in [-0.05, 0) is 25.3 Å². The molecule has 0 spiro atoms. The number of phenolic OH excluding ortho intramolecular Hbond substituents is 1. The maximum atomic E-state index is 13.0. The number of benzene rings is 1. The molecule has 0 aliphatic heterocycles. The Morgan fingerprint density at radius 2 is 1.93 bits per heavy atom. The minimum Gasteiger partial charge on any atom is -0.505 e. The summed E-state index contributed by atoms with van der Waals surface area (Å²) in [5.74, 6) is -0.261. The summed E-state index contributed by atoms with van der Waals surface area (Å²) < 4.78 is 7.02. The summed E-state index contributed by atoms with van der Waals surface area (Å²) in [4.78, 5) is 14.4. The van der Waals surface area contributed by atoms with E-state index in [2.05, 4.69) is 15.3 Å². The van der Waals surface area contributed by atoms with Gasteiger partial charge in [-0.25, -0.2) is 14.2 Å². The van der Waals surface area contributed by atoms with Crippen LogP contribution in [0.15, 0.2) is 17.3 Å². The molecule has 11 heteroatoms. The molecule has 0 aliphatic carbocycles. The molecule has 2 heterocycles. The third-order valence-corrected chi connectivity index (χ3v) is 5.38. The summed E-state index contributed by atoms with van der Waals surface area (Å²) in [6.45, 7) is 7.91. The van der Waals surface area contributed by atoms with Crippen LogP contribution in [0.25, 0.3) is 5.65 Å². The highest BCUT2D eigenvalue weighted by molar-refractivity contribution is 7.98. The van der Waals surface area contributed by atoms with Crippen molar-refractivity contribution in [2.24, 2.45) is 0 Å². The number of thioether (sulfide) groups is 1. The molecule has 1 aromatic carbocycles. The van der Waals surface area contributed by atoms with E-state index in [0.29, 0.717) is 22.2 Å². The van der Waals surface area contributed by atoms with Gasteiger partial charge in [-0.1, -0.05) is 55.7 Å². The standard InChI is InChI=1S/C18H21Cl2N5O3S/c1-6-28-17(27)24(9-7-10(19)13(26)11(20)8-9)12-14(18(2,3)4)23-25-15(12)21-22-16(25)29-5/h7-8,23,26H,6H2,1-5H3. The smallest absolute Gasteiger partial charge is 0.419 e. The molecule has 0 aliphatic rings. The lowest BCUT2D eigenvalue weighted by molar-refractivity contribution is 0.162. The van der Waals surface area contributed by atoms with Crippen molar-refractivity contribution in [3.05, 3.63) is 27.9 Å². The quantitative estimate of drug-likeness (QED) is 0.510. The highest BCUT2D eigenvalue weighted by Gasteiger charge is 2.34. The third kappa shape index (κ3) is 3.86. The van der Waals surface area contributed by atoms with Gasteiger partial charge in [-0.2, -0.15) is 0 Å². The van der Waals surface area contributed by atoms with Crippen LogP contribution >= 0.6 is 35.0 Å². The second kappa shape index (κ2) is 7.97. The number of halogens is 2. The number of carbonyl (C=O) groups is 1. The predicted molar refractivity (Wildman–Crippen MR) is 115 cm³/mol. The number of ether oxygens (including phenoxy) is 1. The normalized spacial score (nSPS) is 11.8. The fourth-order valence-electron chi connectivity index (χ4n) is 2.86. The minimum atomic E-state index is -0.633. The number of rotatable bonds is 4. The lowest BCUT2D eigenvalue weighted by Crippen LogP contribution is -2.29. The monoisotopic (exact) mass is 457 g/mol. The first-order valence-corrected chi connectivity index (χ1v) is 10.7. The molecule has 3 rings (SSSR count). The Morgan fingerprint density at radius 3 is 2.45 bits per heavy atom. The second-order valence-corrected chi connectivity index (χ2v) is 8.81. The maximum absolute atomic E-state index is 13.0. The molecule has 0 saturated heterocycles. The van der Waals surface area contributed by atoms with Gasteiger partial charge >= 0.3 is 6.09 Å². The van der Waals surface area contributed by atoms with Crippen molar-refractivity contribution in [2.45, 2.75) is 38.3 Å². The summed E-state index contributed by atoms with van der Waals surface area (Å²) >= 11 is 13.7. The van der Waals surface area contributed by atoms with Gasteiger partial charge in [-0.15, -0.1) is 10.2 Å². The Hall–Kier alpha value is -2.10. The second-order valence-electron chi connectivity index (χ2n) is 7.22. The molecule has 0 bridgehead atoms. The Kier molecular flexibility index (Phi) is 5.93. The number of anilines is 2. The molecule has 29 heavy (non-hydrogen) atoms. The molecule has 0 saturated carbocycles. The number of carbonyl (C=O) groups excluding carboxylic acids is 1. The Balaban J connectivity index is 2.36. The molecule has 1 amide bonds. The highest BCUT2D eigenvalue weighted by Crippen LogP contribution is 2.43. The van der Waals surface area contributed by atoms with Gasteiger partial charge in [0.2, 0.25) is 10.8 Å². The molecule has 8 nitrogen and oxygen atoms in total. The van der Waals surface area contributed by atoms with Crippen LogP contribution in [0.2, 0.25) is 10.0 Å². The van der Waals surface area contributed by atoms with Crippen LogP contribution in [0.3, 0.4) is 0 Å². The molecule has 0 atom stereocenters. The Labute approximate surface area is 182 Å². The van der Waals surface area contributed by atoms with Crippen LogP contribution in [-0.2, 0) is 10.2 Å².